The third-order valence-electron chi connectivity index (χ3n) is 6.97. The molecular weight excluding hydrogens is 436 g/mol. The minimum absolute atomic E-state index is 0.0731. The smallest absolute Gasteiger partial charge is 0.266 e. The number of aliphatic imine (C=N–C) groups is 1. The number of benzene rings is 3. The molecule has 0 bridgehead atoms. The Balaban J connectivity index is 1.41. The number of guanidine groups is 1. The molecule has 2 amide bonds. The van der Waals surface area contributed by atoms with Crippen molar-refractivity contribution in [2.45, 2.75) is 50.2 Å². The molecule has 6 nitrogen and oxygen atoms in total. The molecule has 3 N–H and O–H groups in total. The number of carbonyl (C=O) groups excluding carboxylic acids is 2. The Morgan fingerprint density at radius 3 is 2.17 bits per heavy atom. The predicted octanol–water partition coefficient (Wildman–Crippen LogP) is 4.35. The van der Waals surface area contributed by atoms with Crippen molar-refractivity contribution in [2.24, 2.45) is 10.7 Å². The summed E-state index contributed by atoms with van der Waals surface area (Å²) in [7, 11) is 0. The summed E-state index contributed by atoms with van der Waals surface area (Å²) in [5.74, 6) is -0.111. The Morgan fingerprint density at radius 1 is 0.914 bits per heavy atom. The summed E-state index contributed by atoms with van der Waals surface area (Å²) in [6, 6.07) is 26.7. The molecule has 2 aliphatic rings. The van der Waals surface area contributed by atoms with Crippen molar-refractivity contribution in [3.8, 4) is 0 Å². The van der Waals surface area contributed by atoms with Gasteiger partial charge in [0.15, 0.2) is 11.5 Å². The zero-order chi connectivity index (χ0) is 24.3. The molecule has 3 aromatic carbocycles. The van der Waals surface area contributed by atoms with E-state index in [1.54, 1.807) is 0 Å². The molecule has 0 spiro atoms. The monoisotopic (exact) mass is 466 g/mol. The van der Waals surface area contributed by atoms with Crippen LogP contribution in [0, 0.1) is 0 Å². The van der Waals surface area contributed by atoms with Crippen LogP contribution in [-0.4, -0.2) is 28.7 Å². The fraction of sp³-hybridized carbons (Fsp3) is 0.276. The van der Waals surface area contributed by atoms with E-state index in [2.05, 4.69) is 5.32 Å². The molecule has 1 aliphatic carbocycles. The number of nitrogens with zero attached hydrogens (tertiary/aromatic N) is 2. The van der Waals surface area contributed by atoms with Crippen molar-refractivity contribution in [1.29, 1.82) is 0 Å². The van der Waals surface area contributed by atoms with E-state index in [1.165, 1.54) is 11.3 Å². The first-order valence-corrected chi connectivity index (χ1v) is 12.3. The Kier molecular flexibility index (Phi) is 6.36. The molecule has 178 valence electrons. The Hall–Kier alpha value is -3.93. The van der Waals surface area contributed by atoms with Crippen LogP contribution in [0.25, 0.3) is 0 Å². The highest BCUT2D eigenvalue weighted by Crippen LogP contribution is 2.40. The SMILES string of the molecule is NC1=NC(c2ccccc2)(c2ccccc2)C(=O)N1Cc1cccc(C(=O)NC2CCCCC2)c1. The van der Waals surface area contributed by atoms with Crippen LogP contribution in [0.4, 0.5) is 0 Å². The van der Waals surface area contributed by atoms with Gasteiger partial charge in [-0.25, -0.2) is 4.99 Å². The van der Waals surface area contributed by atoms with Crippen molar-refractivity contribution in [3.05, 3.63) is 107 Å². The molecule has 6 heteroatoms. The summed E-state index contributed by atoms with van der Waals surface area (Å²) in [6.45, 7) is 0.236. The van der Waals surface area contributed by atoms with Crippen LogP contribution in [0.2, 0.25) is 0 Å². The zero-order valence-corrected chi connectivity index (χ0v) is 19.7. The van der Waals surface area contributed by atoms with Gasteiger partial charge in [0, 0.05) is 11.6 Å². The fourth-order valence-corrected chi connectivity index (χ4v) is 5.14. The fourth-order valence-electron chi connectivity index (χ4n) is 5.14. The van der Waals surface area contributed by atoms with E-state index in [1.807, 2.05) is 84.9 Å². The van der Waals surface area contributed by atoms with Gasteiger partial charge in [0.25, 0.3) is 11.8 Å². The van der Waals surface area contributed by atoms with Crippen molar-refractivity contribution in [2.75, 3.05) is 0 Å². The second-order valence-electron chi connectivity index (χ2n) is 9.31. The molecule has 5 rings (SSSR count). The highest BCUT2D eigenvalue weighted by molar-refractivity contribution is 6.09. The van der Waals surface area contributed by atoms with Gasteiger partial charge in [-0.3, -0.25) is 14.5 Å². The van der Waals surface area contributed by atoms with Crippen LogP contribution in [0.5, 0.6) is 0 Å². The van der Waals surface area contributed by atoms with Gasteiger partial charge in [-0.2, -0.15) is 0 Å². The maximum atomic E-state index is 14.0. The van der Waals surface area contributed by atoms with E-state index in [-0.39, 0.29) is 30.4 Å². The Bertz CT molecular complexity index is 1190. The summed E-state index contributed by atoms with van der Waals surface area (Å²) >= 11 is 0. The molecule has 1 saturated carbocycles. The topological polar surface area (TPSA) is 87.8 Å². The van der Waals surface area contributed by atoms with Crippen LogP contribution in [-0.2, 0) is 16.9 Å². The zero-order valence-electron chi connectivity index (χ0n) is 19.7. The van der Waals surface area contributed by atoms with Crippen molar-refractivity contribution in [1.82, 2.24) is 10.2 Å². The van der Waals surface area contributed by atoms with Gasteiger partial charge < -0.3 is 11.1 Å². The normalized spacial score (nSPS) is 17.8. The summed E-state index contributed by atoms with van der Waals surface area (Å²) < 4.78 is 0. The Labute approximate surface area is 205 Å². The minimum atomic E-state index is -1.23. The molecule has 1 aliphatic heterocycles. The van der Waals surface area contributed by atoms with Crippen LogP contribution in [0.15, 0.2) is 89.9 Å². The molecule has 0 atom stereocenters. The lowest BCUT2D eigenvalue weighted by Crippen LogP contribution is -2.43. The van der Waals surface area contributed by atoms with Gasteiger partial charge in [-0.1, -0.05) is 92.1 Å². The average molecular weight is 467 g/mol. The average Bonchev–Trinajstić information content (AvgIpc) is 3.16. The van der Waals surface area contributed by atoms with Gasteiger partial charge >= 0.3 is 0 Å². The van der Waals surface area contributed by atoms with Crippen LogP contribution in [0.1, 0.15) is 59.2 Å². The molecule has 0 radical (unpaired) electrons. The molecule has 1 fully saturated rings. The maximum absolute atomic E-state index is 14.0. The van der Waals surface area contributed by atoms with E-state index in [9.17, 15) is 9.59 Å². The molecular formula is C29H30N4O2. The molecule has 1 heterocycles. The van der Waals surface area contributed by atoms with Crippen LogP contribution >= 0.6 is 0 Å². The van der Waals surface area contributed by atoms with Crippen LogP contribution < -0.4 is 11.1 Å². The predicted molar refractivity (Wildman–Crippen MR) is 137 cm³/mol. The first-order chi connectivity index (χ1) is 17.1. The summed E-state index contributed by atoms with van der Waals surface area (Å²) in [5.41, 5.74) is 8.08. The van der Waals surface area contributed by atoms with Gasteiger partial charge in [-0.15, -0.1) is 0 Å². The summed E-state index contributed by atoms with van der Waals surface area (Å²) in [6.07, 6.45) is 5.61. The number of amides is 2. The second kappa shape index (κ2) is 9.74. The minimum Gasteiger partial charge on any atom is -0.369 e. The van der Waals surface area contributed by atoms with Crippen molar-refractivity contribution >= 4 is 17.8 Å². The molecule has 0 aromatic heterocycles. The summed E-state index contributed by atoms with van der Waals surface area (Å²) in [4.78, 5) is 33.1. The number of nitrogens with two attached hydrogens (primary N) is 1. The van der Waals surface area contributed by atoms with E-state index in [0.29, 0.717) is 5.56 Å². The van der Waals surface area contributed by atoms with Crippen molar-refractivity contribution in [3.63, 3.8) is 0 Å². The lowest BCUT2D eigenvalue weighted by Gasteiger charge is -2.27. The molecule has 3 aromatic rings. The molecule has 0 saturated heterocycles. The van der Waals surface area contributed by atoms with E-state index in [0.717, 1.165) is 42.4 Å². The lowest BCUT2D eigenvalue weighted by molar-refractivity contribution is -0.130. The number of nitrogens with one attached hydrogen (secondary N) is 1. The molecule has 0 unspecified atom stereocenters. The highest BCUT2D eigenvalue weighted by atomic mass is 16.2. The Morgan fingerprint density at radius 2 is 1.54 bits per heavy atom. The maximum Gasteiger partial charge on any atom is 0.266 e. The van der Waals surface area contributed by atoms with Gasteiger partial charge in [0.05, 0.1) is 6.54 Å². The van der Waals surface area contributed by atoms with E-state index < -0.39 is 5.54 Å². The third kappa shape index (κ3) is 4.44. The first-order valence-electron chi connectivity index (χ1n) is 12.3. The van der Waals surface area contributed by atoms with Crippen molar-refractivity contribution < 1.29 is 9.59 Å². The van der Waals surface area contributed by atoms with Gasteiger partial charge in [0.2, 0.25) is 0 Å². The summed E-state index contributed by atoms with van der Waals surface area (Å²) in [5, 5.41) is 3.16. The van der Waals surface area contributed by atoms with E-state index >= 15 is 0 Å². The quantitative estimate of drug-likeness (QED) is 0.566. The van der Waals surface area contributed by atoms with Gasteiger partial charge in [0.1, 0.15) is 0 Å². The number of rotatable bonds is 6. The number of carbonyl (C=O) groups is 2. The van der Waals surface area contributed by atoms with Gasteiger partial charge in [-0.05, 0) is 41.7 Å². The third-order valence-corrected chi connectivity index (χ3v) is 6.97. The second-order valence-corrected chi connectivity index (χ2v) is 9.31. The lowest BCUT2D eigenvalue weighted by atomic mass is 9.83. The standard InChI is InChI=1S/C29H30N4O2/c30-28-32-29(23-13-4-1-5-14-23,24-15-6-2-7-16-24)27(35)33(28)20-21-11-10-12-22(19-21)26(34)31-25-17-8-3-9-18-25/h1-2,4-7,10-16,19,25H,3,8-9,17-18,20H2,(H2,30,32)(H,31,34). The number of hydrogen-bond acceptors (Lipinski definition) is 4. The molecule has 35 heavy (non-hydrogen) atoms. The first kappa shape index (κ1) is 22.8. The number of hydrogen-bond donors (Lipinski definition) is 2. The highest BCUT2D eigenvalue weighted by Gasteiger charge is 2.50. The largest absolute Gasteiger partial charge is 0.369 e. The van der Waals surface area contributed by atoms with Crippen LogP contribution in [0.3, 0.4) is 0 Å². The van der Waals surface area contributed by atoms with E-state index in [4.69, 9.17) is 10.7 Å².